The number of rotatable bonds is 4. The van der Waals surface area contributed by atoms with Crippen LogP contribution in [0.5, 0.6) is 0 Å². The summed E-state index contributed by atoms with van der Waals surface area (Å²) in [5.41, 5.74) is 0.397. The van der Waals surface area contributed by atoms with Gasteiger partial charge in [-0.25, -0.2) is 9.18 Å². The van der Waals surface area contributed by atoms with Crippen molar-refractivity contribution >= 4 is 23.3 Å². The van der Waals surface area contributed by atoms with Crippen molar-refractivity contribution in [3.63, 3.8) is 0 Å². The van der Waals surface area contributed by atoms with Crippen LogP contribution in [-0.4, -0.2) is 49.3 Å². The summed E-state index contributed by atoms with van der Waals surface area (Å²) in [7, 11) is 0. The van der Waals surface area contributed by atoms with Crippen LogP contribution in [0.15, 0.2) is 18.2 Å². The number of carbonyl (C=O) groups is 1. The molecule has 25 heavy (non-hydrogen) atoms. The Labute approximate surface area is 152 Å². The van der Waals surface area contributed by atoms with E-state index in [-0.39, 0.29) is 16.6 Å². The number of nitrogens with one attached hydrogen (secondary N) is 2. The minimum Gasteiger partial charge on any atom is -0.379 e. The molecule has 1 aliphatic heterocycles. The summed E-state index contributed by atoms with van der Waals surface area (Å²) in [6.45, 7) is 3.91. The Morgan fingerprint density at radius 1 is 1.24 bits per heavy atom. The minimum atomic E-state index is -0.545. The summed E-state index contributed by atoms with van der Waals surface area (Å²) in [5.74, 6) is -0.545. The quantitative estimate of drug-likeness (QED) is 0.852. The Hall–Kier alpha value is -1.37. The van der Waals surface area contributed by atoms with E-state index in [4.69, 9.17) is 16.3 Å². The van der Waals surface area contributed by atoms with Crippen LogP contribution in [0.4, 0.5) is 14.9 Å². The Kier molecular flexibility index (Phi) is 6.15. The highest BCUT2D eigenvalue weighted by molar-refractivity contribution is 6.30. The zero-order chi connectivity index (χ0) is 17.7. The number of hydrogen-bond donors (Lipinski definition) is 2. The van der Waals surface area contributed by atoms with E-state index in [2.05, 4.69) is 15.5 Å². The summed E-state index contributed by atoms with van der Waals surface area (Å²) >= 11 is 5.67. The lowest BCUT2D eigenvalue weighted by Gasteiger charge is -2.48. The summed E-state index contributed by atoms with van der Waals surface area (Å²) in [6, 6.07) is 3.92. The first-order valence-electron chi connectivity index (χ1n) is 8.92. The molecule has 2 aliphatic rings. The van der Waals surface area contributed by atoms with Crippen molar-refractivity contribution < 1.29 is 13.9 Å². The van der Waals surface area contributed by atoms with E-state index in [9.17, 15) is 9.18 Å². The fourth-order valence-corrected chi connectivity index (χ4v) is 3.96. The van der Waals surface area contributed by atoms with E-state index in [1.54, 1.807) is 6.07 Å². The number of urea groups is 1. The average molecular weight is 370 g/mol. The van der Waals surface area contributed by atoms with Crippen LogP contribution in [0, 0.1) is 5.82 Å². The van der Waals surface area contributed by atoms with Crippen LogP contribution in [-0.2, 0) is 4.74 Å². The van der Waals surface area contributed by atoms with Gasteiger partial charge < -0.3 is 15.4 Å². The zero-order valence-corrected chi connectivity index (χ0v) is 15.1. The van der Waals surface area contributed by atoms with Gasteiger partial charge in [0.2, 0.25) is 0 Å². The fraction of sp³-hybridized carbons (Fsp3) is 0.611. The summed E-state index contributed by atoms with van der Waals surface area (Å²) in [6.07, 6.45) is 5.79. The molecule has 1 aromatic rings. The maximum absolute atomic E-state index is 13.5. The molecule has 2 fully saturated rings. The van der Waals surface area contributed by atoms with Crippen LogP contribution in [0.3, 0.4) is 0 Å². The molecule has 0 radical (unpaired) electrons. The molecule has 0 bridgehead atoms. The normalized spacial score (nSPS) is 20.9. The molecule has 138 valence electrons. The third kappa shape index (κ3) is 4.63. The second kappa shape index (κ2) is 8.34. The molecule has 2 N–H and O–H groups in total. The molecule has 0 spiro atoms. The van der Waals surface area contributed by atoms with Crippen molar-refractivity contribution in [2.45, 2.75) is 37.6 Å². The van der Waals surface area contributed by atoms with E-state index in [0.717, 1.165) is 39.1 Å². The van der Waals surface area contributed by atoms with E-state index >= 15 is 0 Å². The number of benzene rings is 1. The third-order valence-electron chi connectivity index (χ3n) is 5.22. The van der Waals surface area contributed by atoms with Crippen molar-refractivity contribution in [2.24, 2.45) is 0 Å². The Bertz CT molecular complexity index is 602. The number of morpholine rings is 1. The molecule has 7 heteroatoms. The van der Waals surface area contributed by atoms with Gasteiger partial charge in [0.1, 0.15) is 5.82 Å². The first-order valence-corrected chi connectivity index (χ1v) is 9.30. The van der Waals surface area contributed by atoms with Crippen molar-refractivity contribution in [1.82, 2.24) is 10.2 Å². The maximum atomic E-state index is 13.5. The van der Waals surface area contributed by atoms with Crippen molar-refractivity contribution in [3.8, 4) is 0 Å². The molecule has 5 nitrogen and oxygen atoms in total. The molecular weight excluding hydrogens is 345 g/mol. The van der Waals surface area contributed by atoms with Gasteiger partial charge in [0.25, 0.3) is 0 Å². The van der Waals surface area contributed by atoms with E-state index < -0.39 is 5.82 Å². The molecule has 0 aromatic heterocycles. The van der Waals surface area contributed by atoms with Gasteiger partial charge in [0.15, 0.2) is 0 Å². The smallest absolute Gasteiger partial charge is 0.319 e. The van der Waals surface area contributed by atoms with Crippen LogP contribution in [0.2, 0.25) is 5.02 Å². The highest BCUT2D eigenvalue weighted by atomic mass is 35.5. The number of amides is 2. The topological polar surface area (TPSA) is 53.6 Å². The second-order valence-electron chi connectivity index (χ2n) is 6.82. The lowest BCUT2D eigenvalue weighted by molar-refractivity contribution is -0.0356. The van der Waals surface area contributed by atoms with Gasteiger partial charge in [-0.1, -0.05) is 30.9 Å². The predicted octanol–water partition coefficient (Wildman–Crippen LogP) is 3.64. The van der Waals surface area contributed by atoms with Gasteiger partial charge in [-0.2, -0.15) is 0 Å². The Morgan fingerprint density at radius 2 is 1.96 bits per heavy atom. The Morgan fingerprint density at radius 3 is 2.64 bits per heavy atom. The lowest BCUT2D eigenvalue weighted by atomic mass is 9.80. The number of nitrogens with zero attached hydrogens (tertiary/aromatic N) is 1. The second-order valence-corrected chi connectivity index (χ2v) is 7.23. The van der Waals surface area contributed by atoms with E-state index in [1.165, 1.54) is 31.4 Å². The maximum Gasteiger partial charge on any atom is 0.319 e. The monoisotopic (exact) mass is 369 g/mol. The molecule has 1 aliphatic carbocycles. The van der Waals surface area contributed by atoms with Gasteiger partial charge in [-0.3, -0.25) is 4.90 Å². The van der Waals surface area contributed by atoms with Crippen LogP contribution in [0.25, 0.3) is 0 Å². The number of anilines is 1. The first kappa shape index (κ1) is 18.4. The number of carbonyl (C=O) groups excluding carboxylic acids is 1. The van der Waals surface area contributed by atoms with Gasteiger partial charge in [-0.15, -0.1) is 0 Å². The molecule has 2 amide bonds. The zero-order valence-electron chi connectivity index (χ0n) is 14.3. The predicted molar refractivity (Wildman–Crippen MR) is 96.6 cm³/mol. The first-order chi connectivity index (χ1) is 12.1. The summed E-state index contributed by atoms with van der Waals surface area (Å²) < 4.78 is 19.0. The summed E-state index contributed by atoms with van der Waals surface area (Å²) in [4.78, 5) is 14.7. The molecule has 0 unspecified atom stereocenters. The van der Waals surface area contributed by atoms with Crippen LogP contribution >= 0.6 is 11.6 Å². The third-order valence-corrected chi connectivity index (χ3v) is 5.53. The lowest BCUT2D eigenvalue weighted by Crippen LogP contribution is -2.60. The van der Waals surface area contributed by atoms with Gasteiger partial charge in [0, 0.05) is 30.9 Å². The molecule has 1 saturated heterocycles. The van der Waals surface area contributed by atoms with Gasteiger partial charge >= 0.3 is 6.03 Å². The standard InChI is InChI=1S/C18H25ClFN3O2/c19-15-5-4-14(12-16(15)20)22-17(24)21-13-18(6-2-1-3-7-18)23-8-10-25-11-9-23/h4-5,12H,1-3,6-11,13H2,(H2,21,22,24). The van der Waals surface area contributed by atoms with E-state index in [1.807, 2.05) is 0 Å². The molecule has 0 atom stereocenters. The molecular formula is C18H25ClFN3O2. The van der Waals surface area contributed by atoms with Crippen molar-refractivity contribution in [1.29, 1.82) is 0 Å². The molecule has 1 aromatic carbocycles. The van der Waals surface area contributed by atoms with Crippen molar-refractivity contribution in [3.05, 3.63) is 29.0 Å². The number of halogens is 2. The van der Waals surface area contributed by atoms with Crippen LogP contribution < -0.4 is 10.6 Å². The average Bonchev–Trinajstić information content (AvgIpc) is 2.65. The molecule has 3 rings (SSSR count). The summed E-state index contributed by atoms with van der Waals surface area (Å²) in [5, 5.41) is 5.70. The van der Waals surface area contributed by atoms with E-state index in [0.29, 0.717) is 12.2 Å². The van der Waals surface area contributed by atoms with Gasteiger partial charge in [-0.05, 0) is 31.0 Å². The minimum absolute atomic E-state index is 0.00458. The molecule has 1 saturated carbocycles. The number of hydrogen-bond acceptors (Lipinski definition) is 3. The fourth-order valence-electron chi connectivity index (χ4n) is 3.85. The highest BCUT2D eigenvalue weighted by Gasteiger charge is 2.38. The van der Waals surface area contributed by atoms with Gasteiger partial charge in [0.05, 0.1) is 18.2 Å². The highest BCUT2D eigenvalue weighted by Crippen LogP contribution is 2.33. The Balaban J connectivity index is 1.60. The SMILES string of the molecule is O=C(NCC1(N2CCOCC2)CCCCC1)Nc1ccc(Cl)c(F)c1. The van der Waals surface area contributed by atoms with Crippen LogP contribution in [0.1, 0.15) is 32.1 Å². The largest absolute Gasteiger partial charge is 0.379 e. The van der Waals surface area contributed by atoms with Crippen molar-refractivity contribution in [2.75, 3.05) is 38.2 Å². The molecule has 1 heterocycles. The number of ether oxygens (including phenoxy) is 1.